The van der Waals surface area contributed by atoms with Crippen LogP contribution < -0.4 is 30.2 Å². The van der Waals surface area contributed by atoms with Gasteiger partial charge in [-0.15, -0.1) is 11.8 Å². The van der Waals surface area contributed by atoms with Crippen molar-refractivity contribution < 1.29 is 28.6 Å². The smallest absolute Gasteiger partial charge is 0.272 e. The number of nitrogens with one attached hydrogen (secondary N) is 3. The number of para-hydroxylation sites is 1. The molecule has 0 atom stereocenters. The number of carbonyl (C=O) groups is 3. The Balaban J connectivity index is 1.45. The lowest BCUT2D eigenvalue weighted by Crippen LogP contribution is -2.30. The summed E-state index contributed by atoms with van der Waals surface area (Å²) in [5.41, 5.74) is 1.99. The molecule has 44 heavy (non-hydrogen) atoms. The van der Waals surface area contributed by atoms with Gasteiger partial charge in [0.2, 0.25) is 5.91 Å². The van der Waals surface area contributed by atoms with E-state index in [1.807, 2.05) is 0 Å². The third-order valence-electron chi connectivity index (χ3n) is 6.18. The summed E-state index contributed by atoms with van der Waals surface area (Å²) in [6.07, 6.45) is 1.52. The van der Waals surface area contributed by atoms with Crippen LogP contribution in [0, 0.1) is 0 Å². The molecule has 0 saturated carbocycles. The van der Waals surface area contributed by atoms with Gasteiger partial charge in [-0.05, 0) is 66.7 Å². The number of rotatable bonds is 12. The first-order valence-electron chi connectivity index (χ1n) is 13.3. The van der Waals surface area contributed by atoms with E-state index in [1.165, 1.54) is 39.2 Å². The molecule has 0 spiro atoms. The van der Waals surface area contributed by atoms with Gasteiger partial charge in [-0.1, -0.05) is 41.9 Å². The standard InChI is InChI=1S/C33H30ClN3O6S/c1-41-28-17-14-24(19-26(28)34)35-30(38)20-44-25-15-12-23(13-16-25)36-33(40)27(37-32(39)21-8-5-4-6-9-21)18-22-10-7-11-29(42-2)31(22)43-3/h4-19H,20H2,1-3H3,(H,35,38)(H,36,40)(H,37,39)/b27-18-. The minimum Gasteiger partial charge on any atom is -0.495 e. The summed E-state index contributed by atoms with van der Waals surface area (Å²) in [4.78, 5) is 39.7. The van der Waals surface area contributed by atoms with Gasteiger partial charge < -0.3 is 30.2 Å². The van der Waals surface area contributed by atoms with Crippen LogP contribution in [0.1, 0.15) is 15.9 Å². The number of hydrogen-bond donors (Lipinski definition) is 3. The SMILES string of the molecule is COc1ccc(NC(=O)CSc2ccc(NC(=O)/C(=C/c3cccc(OC)c3OC)NC(=O)c3ccccc3)cc2)cc1Cl. The summed E-state index contributed by atoms with van der Waals surface area (Å²) >= 11 is 7.46. The minimum atomic E-state index is -0.544. The fourth-order valence-corrected chi connectivity index (χ4v) is 5.00. The Hall–Kier alpha value is -4.93. The van der Waals surface area contributed by atoms with E-state index < -0.39 is 11.8 Å². The fraction of sp³-hybridized carbons (Fsp3) is 0.121. The van der Waals surface area contributed by atoms with Crippen molar-refractivity contribution in [3.63, 3.8) is 0 Å². The summed E-state index contributed by atoms with van der Waals surface area (Å²) in [5.74, 6) is 0.376. The number of amides is 3. The van der Waals surface area contributed by atoms with Crippen LogP contribution >= 0.6 is 23.4 Å². The topological polar surface area (TPSA) is 115 Å². The maximum absolute atomic E-state index is 13.4. The van der Waals surface area contributed by atoms with Crippen LogP contribution in [-0.2, 0) is 9.59 Å². The van der Waals surface area contributed by atoms with Gasteiger partial charge in [-0.2, -0.15) is 0 Å². The molecule has 0 bridgehead atoms. The van der Waals surface area contributed by atoms with Crippen molar-refractivity contribution in [3.05, 3.63) is 113 Å². The molecule has 0 aliphatic rings. The van der Waals surface area contributed by atoms with Crippen molar-refractivity contribution in [2.45, 2.75) is 4.90 Å². The largest absolute Gasteiger partial charge is 0.495 e. The van der Waals surface area contributed by atoms with Gasteiger partial charge in [-0.25, -0.2) is 0 Å². The van der Waals surface area contributed by atoms with E-state index in [2.05, 4.69) is 16.0 Å². The van der Waals surface area contributed by atoms with Crippen molar-refractivity contribution in [2.75, 3.05) is 37.7 Å². The zero-order valence-electron chi connectivity index (χ0n) is 24.2. The monoisotopic (exact) mass is 631 g/mol. The minimum absolute atomic E-state index is 0.000774. The van der Waals surface area contributed by atoms with Gasteiger partial charge in [0.25, 0.3) is 11.8 Å². The number of thioether (sulfide) groups is 1. The molecule has 0 saturated heterocycles. The number of anilines is 2. The summed E-state index contributed by atoms with van der Waals surface area (Å²) in [7, 11) is 4.53. The van der Waals surface area contributed by atoms with Crippen LogP contribution in [-0.4, -0.2) is 44.8 Å². The van der Waals surface area contributed by atoms with Crippen molar-refractivity contribution in [3.8, 4) is 17.2 Å². The molecule has 4 aromatic rings. The Bertz CT molecular complexity index is 1660. The van der Waals surface area contributed by atoms with Crippen LogP contribution in [0.15, 0.2) is 102 Å². The van der Waals surface area contributed by atoms with Crippen molar-refractivity contribution >= 4 is 58.5 Å². The number of hydrogen-bond acceptors (Lipinski definition) is 7. The molecule has 0 heterocycles. The van der Waals surface area contributed by atoms with Gasteiger partial charge in [0.05, 0.1) is 32.1 Å². The Labute approximate surface area is 264 Å². The number of halogens is 1. The Morgan fingerprint density at radius 1 is 0.773 bits per heavy atom. The Morgan fingerprint density at radius 2 is 1.48 bits per heavy atom. The summed E-state index contributed by atoms with van der Waals surface area (Å²) in [6.45, 7) is 0. The molecule has 0 fully saturated rings. The molecule has 9 nitrogen and oxygen atoms in total. The van der Waals surface area contributed by atoms with E-state index in [-0.39, 0.29) is 17.4 Å². The first-order chi connectivity index (χ1) is 21.3. The van der Waals surface area contributed by atoms with Crippen LogP contribution in [0.4, 0.5) is 11.4 Å². The lowest BCUT2D eigenvalue weighted by molar-refractivity contribution is -0.114. The third-order valence-corrected chi connectivity index (χ3v) is 7.49. The van der Waals surface area contributed by atoms with Crippen LogP contribution in [0.25, 0.3) is 6.08 Å². The molecule has 11 heteroatoms. The van der Waals surface area contributed by atoms with E-state index in [1.54, 1.807) is 91.0 Å². The highest BCUT2D eigenvalue weighted by Gasteiger charge is 2.17. The highest BCUT2D eigenvalue weighted by molar-refractivity contribution is 8.00. The Morgan fingerprint density at radius 3 is 2.14 bits per heavy atom. The van der Waals surface area contributed by atoms with E-state index >= 15 is 0 Å². The molecule has 0 aliphatic carbocycles. The average molecular weight is 632 g/mol. The molecule has 3 amide bonds. The van der Waals surface area contributed by atoms with Gasteiger partial charge in [0.15, 0.2) is 11.5 Å². The predicted octanol–water partition coefficient (Wildman–Crippen LogP) is 6.51. The fourth-order valence-electron chi connectivity index (χ4n) is 4.05. The zero-order chi connectivity index (χ0) is 31.5. The quantitative estimate of drug-likeness (QED) is 0.121. The number of ether oxygens (including phenoxy) is 3. The number of benzene rings is 4. The molecule has 0 aliphatic heterocycles. The van der Waals surface area contributed by atoms with Gasteiger partial charge in [0.1, 0.15) is 11.4 Å². The van der Waals surface area contributed by atoms with E-state index in [0.29, 0.717) is 44.8 Å². The molecular weight excluding hydrogens is 602 g/mol. The molecular formula is C33H30ClN3O6S. The molecule has 3 N–H and O–H groups in total. The number of methoxy groups -OCH3 is 3. The van der Waals surface area contributed by atoms with Gasteiger partial charge >= 0.3 is 0 Å². The van der Waals surface area contributed by atoms with E-state index in [9.17, 15) is 14.4 Å². The highest BCUT2D eigenvalue weighted by atomic mass is 35.5. The number of carbonyl (C=O) groups excluding carboxylic acids is 3. The normalized spacial score (nSPS) is 10.9. The molecule has 4 aromatic carbocycles. The third kappa shape index (κ3) is 8.56. The second-order valence-corrected chi connectivity index (χ2v) is 10.6. The average Bonchev–Trinajstić information content (AvgIpc) is 3.04. The second kappa shape index (κ2) is 15.5. The lowest BCUT2D eigenvalue weighted by atomic mass is 10.1. The van der Waals surface area contributed by atoms with Gasteiger partial charge in [-0.3, -0.25) is 14.4 Å². The zero-order valence-corrected chi connectivity index (χ0v) is 25.8. The van der Waals surface area contributed by atoms with E-state index in [0.717, 1.165) is 4.90 Å². The summed E-state index contributed by atoms with van der Waals surface area (Å²) < 4.78 is 16.0. The molecule has 226 valence electrons. The van der Waals surface area contributed by atoms with Crippen LogP contribution in [0.3, 0.4) is 0 Å². The van der Waals surface area contributed by atoms with Gasteiger partial charge in [0, 0.05) is 27.4 Å². The highest BCUT2D eigenvalue weighted by Crippen LogP contribution is 2.32. The molecule has 0 radical (unpaired) electrons. The lowest BCUT2D eigenvalue weighted by Gasteiger charge is -2.14. The van der Waals surface area contributed by atoms with Crippen LogP contribution in [0.5, 0.6) is 17.2 Å². The molecule has 0 aromatic heterocycles. The van der Waals surface area contributed by atoms with Crippen molar-refractivity contribution in [2.24, 2.45) is 0 Å². The molecule has 4 rings (SSSR count). The maximum atomic E-state index is 13.4. The predicted molar refractivity (Wildman–Crippen MR) is 174 cm³/mol. The van der Waals surface area contributed by atoms with Crippen molar-refractivity contribution in [1.82, 2.24) is 5.32 Å². The Kier molecular flexibility index (Phi) is 11.3. The second-order valence-electron chi connectivity index (χ2n) is 9.13. The summed E-state index contributed by atoms with van der Waals surface area (Å²) in [5, 5.41) is 8.74. The first-order valence-corrected chi connectivity index (χ1v) is 14.6. The molecule has 0 unspecified atom stereocenters. The summed E-state index contributed by atoms with van der Waals surface area (Å²) in [6, 6.07) is 25.8. The van der Waals surface area contributed by atoms with E-state index in [4.69, 9.17) is 25.8 Å². The van der Waals surface area contributed by atoms with Crippen LogP contribution in [0.2, 0.25) is 5.02 Å². The first kappa shape index (κ1) is 32.0. The maximum Gasteiger partial charge on any atom is 0.272 e. The van der Waals surface area contributed by atoms with Crippen molar-refractivity contribution in [1.29, 1.82) is 0 Å².